The van der Waals surface area contributed by atoms with Crippen molar-refractivity contribution in [1.29, 1.82) is 0 Å². The van der Waals surface area contributed by atoms with Crippen molar-refractivity contribution in [1.82, 2.24) is 0 Å². The molecule has 4 nitrogen and oxygen atoms in total. The van der Waals surface area contributed by atoms with Crippen molar-refractivity contribution in [3.05, 3.63) is 34.4 Å². The minimum Gasteiger partial charge on any atom is -0.411 e. The smallest absolute Gasteiger partial charge is 0.111 e. The minimum atomic E-state index is 0.462. The summed E-state index contributed by atoms with van der Waals surface area (Å²) in [5, 5.41) is 15.0. The lowest BCUT2D eigenvalue weighted by Crippen LogP contribution is -2.07. The number of aryl methyl sites for hydroxylation is 2. The van der Waals surface area contributed by atoms with E-state index in [9.17, 15) is 0 Å². The molecule has 15 heavy (non-hydrogen) atoms. The molecule has 0 aliphatic heterocycles. The number of hydrazone groups is 1. The SMILES string of the molecule is Cc1cc(C(/C=N/O)=N/N)cc(C)c1C. The number of hydrogen-bond acceptors (Lipinski definition) is 4. The molecule has 1 aromatic carbocycles. The van der Waals surface area contributed by atoms with Crippen LogP contribution in [0.1, 0.15) is 22.3 Å². The van der Waals surface area contributed by atoms with Crippen LogP contribution in [0.25, 0.3) is 0 Å². The van der Waals surface area contributed by atoms with Crippen LogP contribution in [0.15, 0.2) is 22.4 Å². The van der Waals surface area contributed by atoms with Gasteiger partial charge in [-0.05, 0) is 49.6 Å². The van der Waals surface area contributed by atoms with E-state index >= 15 is 0 Å². The molecule has 0 unspecified atom stereocenters. The van der Waals surface area contributed by atoms with Crippen LogP contribution in [0.3, 0.4) is 0 Å². The van der Waals surface area contributed by atoms with Crippen molar-refractivity contribution < 1.29 is 5.21 Å². The Morgan fingerprint density at radius 1 is 1.27 bits per heavy atom. The highest BCUT2D eigenvalue weighted by Gasteiger charge is 2.05. The third-order valence-corrected chi connectivity index (χ3v) is 2.54. The van der Waals surface area contributed by atoms with Gasteiger partial charge in [-0.15, -0.1) is 0 Å². The zero-order valence-corrected chi connectivity index (χ0v) is 9.15. The summed E-state index contributed by atoms with van der Waals surface area (Å²) < 4.78 is 0. The van der Waals surface area contributed by atoms with Crippen LogP contribution in [-0.2, 0) is 0 Å². The lowest BCUT2D eigenvalue weighted by atomic mass is 9.98. The summed E-state index contributed by atoms with van der Waals surface area (Å²) in [5.74, 6) is 5.21. The van der Waals surface area contributed by atoms with E-state index in [-0.39, 0.29) is 0 Å². The summed E-state index contributed by atoms with van der Waals surface area (Å²) in [6.45, 7) is 6.11. The normalized spacial score (nSPS) is 12.3. The van der Waals surface area contributed by atoms with Crippen LogP contribution in [0.4, 0.5) is 0 Å². The second-order valence-electron chi connectivity index (χ2n) is 3.49. The molecule has 0 fully saturated rings. The second kappa shape index (κ2) is 4.59. The number of rotatable bonds is 2. The van der Waals surface area contributed by atoms with Crippen LogP contribution >= 0.6 is 0 Å². The van der Waals surface area contributed by atoms with Gasteiger partial charge < -0.3 is 11.0 Å². The first kappa shape index (κ1) is 11.2. The molecule has 1 aromatic rings. The molecule has 0 spiro atoms. The number of nitrogens with zero attached hydrogens (tertiary/aromatic N) is 2. The van der Waals surface area contributed by atoms with Crippen molar-refractivity contribution >= 4 is 11.9 Å². The lowest BCUT2D eigenvalue weighted by molar-refractivity contribution is 0.322. The summed E-state index contributed by atoms with van der Waals surface area (Å²) in [6, 6.07) is 3.94. The van der Waals surface area contributed by atoms with Crippen molar-refractivity contribution in [3.8, 4) is 0 Å². The van der Waals surface area contributed by atoms with Gasteiger partial charge >= 0.3 is 0 Å². The average Bonchev–Trinajstić information content (AvgIpc) is 2.22. The predicted octanol–water partition coefficient (Wildman–Crippen LogP) is 1.73. The van der Waals surface area contributed by atoms with E-state index in [2.05, 4.69) is 17.2 Å². The molecule has 0 saturated heterocycles. The Balaban J connectivity index is 3.27. The topological polar surface area (TPSA) is 71.0 Å². The first-order valence-electron chi connectivity index (χ1n) is 4.63. The summed E-state index contributed by atoms with van der Waals surface area (Å²) in [7, 11) is 0. The fourth-order valence-corrected chi connectivity index (χ4v) is 1.42. The van der Waals surface area contributed by atoms with Crippen LogP contribution in [0, 0.1) is 20.8 Å². The van der Waals surface area contributed by atoms with Gasteiger partial charge in [0.25, 0.3) is 0 Å². The van der Waals surface area contributed by atoms with Gasteiger partial charge in [-0.25, -0.2) is 0 Å². The molecular weight excluding hydrogens is 190 g/mol. The van der Waals surface area contributed by atoms with Crippen LogP contribution in [0.5, 0.6) is 0 Å². The third kappa shape index (κ3) is 2.34. The van der Waals surface area contributed by atoms with E-state index in [0.717, 1.165) is 16.7 Å². The Kier molecular flexibility index (Phi) is 3.44. The standard InChI is InChI=1S/C11H15N3O/c1-7-4-10(5-8(2)9(7)3)11(14-12)6-13-15/h4-6,15H,12H2,1-3H3/b13-6+,14-11+. The average molecular weight is 205 g/mol. The maximum atomic E-state index is 8.46. The molecule has 0 aliphatic carbocycles. The molecule has 0 bridgehead atoms. The van der Waals surface area contributed by atoms with Crippen molar-refractivity contribution in [2.75, 3.05) is 0 Å². The molecule has 0 atom stereocenters. The molecule has 0 amide bonds. The Morgan fingerprint density at radius 2 is 1.80 bits per heavy atom. The summed E-state index contributed by atoms with van der Waals surface area (Å²) in [4.78, 5) is 0. The van der Waals surface area contributed by atoms with Crippen LogP contribution in [0.2, 0.25) is 0 Å². The van der Waals surface area contributed by atoms with Crippen molar-refractivity contribution in [2.24, 2.45) is 16.1 Å². The zero-order valence-electron chi connectivity index (χ0n) is 9.15. The fraction of sp³-hybridized carbons (Fsp3) is 0.273. The Morgan fingerprint density at radius 3 is 2.20 bits per heavy atom. The first-order valence-corrected chi connectivity index (χ1v) is 4.63. The highest BCUT2D eigenvalue weighted by atomic mass is 16.4. The highest BCUT2D eigenvalue weighted by molar-refractivity contribution is 6.38. The van der Waals surface area contributed by atoms with Gasteiger partial charge in [0, 0.05) is 5.56 Å². The Hall–Kier alpha value is -1.84. The molecule has 0 aliphatic rings. The molecular formula is C11H15N3O. The Bertz CT molecular complexity index is 399. The highest BCUT2D eigenvalue weighted by Crippen LogP contribution is 2.15. The van der Waals surface area contributed by atoms with E-state index in [1.165, 1.54) is 11.8 Å². The molecule has 0 aromatic heterocycles. The first-order chi connectivity index (χ1) is 7.10. The number of nitrogens with two attached hydrogens (primary N) is 1. The van der Waals surface area contributed by atoms with E-state index in [1.807, 2.05) is 26.0 Å². The van der Waals surface area contributed by atoms with Gasteiger partial charge in [0.2, 0.25) is 0 Å². The largest absolute Gasteiger partial charge is 0.411 e. The summed E-state index contributed by atoms with van der Waals surface area (Å²) >= 11 is 0. The van der Waals surface area contributed by atoms with Gasteiger partial charge in [0.05, 0.1) is 6.21 Å². The molecule has 3 N–H and O–H groups in total. The minimum absolute atomic E-state index is 0.462. The zero-order chi connectivity index (χ0) is 11.4. The van der Waals surface area contributed by atoms with Crippen LogP contribution < -0.4 is 5.84 Å². The molecule has 4 heteroatoms. The van der Waals surface area contributed by atoms with Gasteiger partial charge in [-0.2, -0.15) is 5.10 Å². The fourth-order valence-electron chi connectivity index (χ4n) is 1.42. The maximum Gasteiger partial charge on any atom is 0.111 e. The van der Waals surface area contributed by atoms with E-state index < -0.39 is 0 Å². The van der Waals surface area contributed by atoms with E-state index in [1.54, 1.807) is 0 Å². The molecule has 80 valence electrons. The van der Waals surface area contributed by atoms with Gasteiger partial charge in [-0.1, -0.05) is 5.16 Å². The van der Waals surface area contributed by atoms with Crippen molar-refractivity contribution in [3.63, 3.8) is 0 Å². The van der Waals surface area contributed by atoms with Gasteiger partial charge in [0.1, 0.15) is 5.71 Å². The Labute approximate surface area is 89.1 Å². The summed E-state index contributed by atoms with van der Waals surface area (Å²) in [5.41, 5.74) is 4.89. The number of hydrogen-bond donors (Lipinski definition) is 2. The third-order valence-electron chi connectivity index (χ3n) is 2.54. The molecule has 0 heterocycles. The number of benzene rings is 1. The van der Waals surface area contributed by atoms with Gasteiger partial charge in [0.15, 0.2) is 0 Å². The van der Waals surface area contributed by atoms with Crippen LogP contribution in [-0.4, -0.2) is 17.1 Å². The van der Waals surface area contributed by atoms with E-state index in [4.69, 9.17) is 11.0 Å². The number of oxime groups is 1. The molecule has 1 rings (SSSR count). The quantitative estimate of drug-likeness (QED) is 0.334. The molecule has 0 saturated carbocycles. The van der Waals surface area contributed by atoms with Crippen molar-refractivity contribution in [2.45, 2.75) is 20.8 Å². The monoisotopic (exact) mass is 205 g/mol. The van der Waals surface area contributed by atoms with E-state index in [0.29, 0.717) is 5.71 Å². The van der Waals surface area contributed by atoms with Gasteiger partial charge in [-0.3, -0.25) is 0 Å². The summed E-state index contributed by atoms with van der Waals surface area (Å²) in [6.07, 6.45) is 1.23. The lowest BCUT2D eigenvalue weighted by Gasteiger charge is -2.08. The molecule has 0 radical (unpaired) electrons. The predicted molar refractivity (Wildman–Crippen MR) is 61.7 cm³/mol. The maximum absolute atomic E-state index is 8.46. The second-order valence-corrected chi connectivity index (χ2v) is 3.49.